The van der Waals surface area contributed by atoms with Gasteiger partial charge in [-0.05, 0) is 36.6 Å². The van der Waals surface area contributed by atoms with Gasteiger partial charge in [0.25, 0.3) is 0 Å². The summed E-state index contributed by atoms with van der Waals surface area (Å²) in [6.45, 7) is 5.63. The van der Waals surface area contributed by atoms with Gasteiger partial charge in [-0.25, -0.2) is 0 Å². The van der Waals surface area contributed by atoms with Crippen LogP contribution in [0.2, 0.25) is 0 Å². The lowest BCUT2D eigenvalue weighted by Gasteiger charge is -2.29. The number of hydrogen-bond acceptors (Lipinski definition) is 3. The molecular weight excluding hydrogens is 234 g/mol. The maximum Gasteiger partial charge on any atom is 0.0584 e. The third kappa shape index (κ3) is 3.63. The molecule has 0 aliphatic carbocycles. The minimum Gasteiger partial charge on any atom is -0.397 e. The number of benzene rings is 1. The van der Waals surface area contributed by atoms with E-state index in [9.17, 15) is 0 Å². The highest BCUT2D eigenvalue weighted by atomic mass is 15.1. The zero-order valence-electron chi connectivity index (χ0n) is 12.1. The second-order valence-corrected chi connectivity index (χ2v) is 5.65. The molecular formula is C16H27N3. The first kappa shape index (κ1) is 14.2. The predicted molar refractivity (Wildman–Crippen MR) is 83.0 cm³/mol. The molecule has 0 fully saturated rings. The second-order valence-electron chi connectivity index (χ2n) is 5.65. The molecule has 19 heavy (non-hydrogen) atoms. The van der Waals surface area contributed by atoms with Crippen LogP contribution in [0.3, 0.4) is 0 Å². The van der Waals surface area contributed by atoms with Crippen LogP contribution in [0.5, 0.6) is 0 Å². The number of nitrogen functional groups attached to an aromatic ring is 2. The largest absolute Gasteiger partial charge is 0.397 e. The summed E-state index contributed by atoms with van der Waals surface area (Å²) in [5, 5.41) is 0. The Morgan fingerprint density at radius 1 is 1.11 bits per heavy atom. The molecule has 0 radical (unpaired) electrons. The molecule has 1 aliphatic rings. The van der Waals surface area contributed by atoms with Crippen molar-refractivity contribution in [2.24, 2.45) is 0 Å². The summed E-state index contributed by atoms with van der Waals surface area (Å²) >= 11 is 0. The first-order chi connectivity index (χ1) is 9.22. The first-order valence-electron chi connectivity index (χ1n) is 7.60. The molecule has 0 unspecified atom stereocenters. The van der Waals surface area contributed by atoms with E-state index >= 15 is 0 Å². The smallest absolute Gasteiger partial charge is 0.0584 e. The second kappa shape index (κ2) is 6.80. The van der Waals surface area contributed by atoms with Crippen molar-refractivity contribution in [2.75, 3.05) is 24.6 Å². The molecule has 0 amide bonds. The van der Waals surface area contributed by atoms with Crippen molar-refractivity contribution >= 4 is 11.4 Å². The summed E-state index contributed by atoms with van der Waals surface area (Å²) in [7, 11) is 0. The Kier molecular flexibility index (Phi) is 5.08. The number of hydrogen-bond donors (Lipinski definition) is 2. The molecule has 106 valence electrons. The highest BCUT2D eigenvalue weighted by Gasteiger charge is 2.18. The average molecular weight is 261 g/mol. The lowest BCUT2D eigenvalue weighted by molar-refractivity contribution is 0.248. The van der Waals surface area contributed by atoms with Crippen LogP contribution in [0, 0.1) is 0 Å². The van der Waals surface area contributed by atoms with Gasteiger partial charge in [-0.3, -0.25) is 4.90 Å². The Labute approximate surface area is 117 Å². The number of unbranched alkanes of at least 4 members (excludes halogenated alkanes) is 4. The van der Waals surface area contributed by atoms with Crippen LogP contribution in [0.25, 0.3) is 0 Å². The van der Waals surface area contributed by atoms with E-state index in [1.807, 2.05) is 6.07 Å². The molecule has 1 aromatic rings. The number of rotatable bonds is 6. The van der Waals surface area contributed by atoms with Gasteiger partial charge in [-0.1, -0.05) is 38.7 Å². The van der Waals surface area contributed by atoms with Gasteiger partial charge in [0.15, 0.2) is 0 Å². The molecule has 0 saturated carbocycles. The van der Waals surface area contributed by atoms with Crippen molar-refractivity contribution in [1.29, 1.82) is 0 Å². The van der Waals surface area contributed by atoms with Crippen molar-refractivity contribution in [2.45, 2.75) is 52.0 Å². The van der Waals surface area contributed by atoms with Gasteiger partial charge in [0.05, 0.1) is 11.4 Å². The highest BCUT2D eigenvalue weighted by Crippen LogP contribution is 2.28. The zero-order valence-corrected chi connectivity index (χ0v) is 12.1. The van der Waals surface area contributed by atoms with Crippen LogP contribution in [-0.4, -0.2) is 18.0 Å². The van der Waals surface area contributed by atoms with E-state index in [1.54, 1.807) is 0 Å². The van der Waals surface area contributed by atoms with Gasteiger partial charge in [0, 0.05) is 13.1 Å². The molecule has 0 aromatic heterocycles. The monoisotopic (exact) mass is 261 g/mol. The van der Waals surface area contributed by atoms with E-state index in [0.29, 0.717) is 0 Å². The maximum atomic E-state index is 6.06. The van der Waals surface area contributed by atoms with Gasteiger partial charge >= 0.3 is 0 Å². The highest BCUT2D eigenvalue weighted by molar-refractivity contribution is 5.69. The van der Waals surface area contributed by atoms with Crippen LogP contribution < -0.4 is 11.5 Å². The molecule has 4 N–H and O–H groups in total. The standard InChI is InChI=1S/C16H27N3/c1-2-3-4-5-6-10-19-11-9-14-13(12-19)7-8-15(17)16(14)18/h7-8H,2-6,9-12,17-18H2,1H3. The Balaban J connectivity index is 1.83. The topological polar surface area (TPSA) is 55.3 Å². The summed E-state index contributed by atoms with van der Waals surface area (Å²) in [6.07, 6.45) is 7.79. The lowest BCUT2D eigenvalue weighted by Crippen LogP contribution is -2.32. The number of nitrogens with two attached hydrogens (primary N) is 2. The van der Waals surface area contributed by atoms with E-state index in [4.69, 9.17) is 11.5 Å². The van der Waals surface area contributed by atoms with Crippen molar-refractivity contribution < 1.29 is 0 Å². The molecule has 0 saturated heterocycles. The molecule has 3 nitrogen and oxygen atoms in total. The number of fused-ring (bicyclic) bond motifs is 1. The average Bonchev–Trinajstić information content (AvgIpc) is 2.43. The van der Waals surface area contributed by atoms with Gasteiger partial charge in [-0.15, -0.1) is 0 Å². The van der Waals surface area contributed by atoms with Crippen LogP contribution in [0.4, 0.5) is 11.4 Å². The Hall–Kier alpha value is -1.22. The van der Waals surface area contributed by atoms with Gasteiger partial charge in [0.2, 0.25) is 0 Å². The molecule has 0 spiro atoms. The van der Waals surface area contributed by atoms with E-state index in [-0.39, 0.29) is 0 Å². The number of nitrogens with zero attached hydrogens (tertiary/aromatic N) is 1. The fourth-order valence-electron chi connectivity index (χ4n) is 2.89. The van der Waals surface area contributed by atoms with E-state index < -0.39 is 0 Å². The minimum atomic E-state index is 0.728. The predicted octanol–water partition coefficient (Wildman–Crippen LogP) is 3.18. The Morgan fingerprint density at radius 3 is 2.68 bits per heavy atom. The maximum absolute atomic E-state index is 6.06. The van der Waals surface area contributed by atoms with Crippen molar-refractivity contribution in [3.05, 3.63) is 23.3 Å². The third-order valence-corrected chi connectivity index (χ3v) is 4.14. The fourth-order valence-corrected chi connectivity index (χ4v) is 2.89. The fraction of sp³-hybridized carbons (Fsp3) is 0.625. The van der Waals surface area contributed by atoms with Crippen LogP contribution >= 0.6 is 0 Å². The summed E-state index contributed by atoms with van der Waals surface area (Å²) in [6, 6.07) is 4.09. The molecule has 0 bridgehead atoms. The summed E-state index contributed by atoms with van der Waals surface area (Å²) < 4.78 is 0. The first-order valence-corrected chi connectivity index (χ1v) is 7.60. The SMILES string of the molecule is CCCCCCCN1CCc2c(ccc(N)c2N)C1. The molecule has 3 heteroatoms. The zero-order chi connectivity index (χ0) is 13.7. The van der Waals surface area contributed by atoms with Gasteiger partial charge in [-0.2, -0.15) is 0 Å². The van der Waals surface area contributed by atoms with Gasteiger partial charge in [0.1, 0.15) is 0 Å². The minimum absolute atomic E-state index is 0.728. The van der Waals surface area contributed by atoms with E-state index in [1.165, 1.54) is 49.8 Å². The molecule has 2 rings (SSSR count). The normalized spacial score (nSPS) is 15.4. The van der Waals surface area contributed by atoms with Crippen LogP contribution in [0.15, 0.2) is 12.1 Å². The Bertz CT molecular complexity index is 415. The van der Waals surface area contributed by atoms with Crippen LogP contribution in [-0.2, 0) is 13.0 Å². The van der Waals surface area contributed by atoms with Crippen LogP contribution in [0.1, 0.15) is 50.2 Å². The van der Waals surface area contributed by atoms with Crippen molar-refractivity contribution in [1.82, 2.24) is 4.90 Å². The summed E-state index contributed by atoms with van der Waals surface area (Å²) in [5.74, 6) is 0. The Morgan fingerprint density at radius 2 is 1.89 bits per heavy atom. The van der Waals surface area contributed by atoms with E-state index in [2.05, 4.69) is 17.9 Å². The molecule has 1 heterocycles. The van der Waals surface area contributed by atoms with Gasteiger partial charge < -0.3 is 11.5 Å². The summed E-state index contributed by atoms with van der Waals surface area (Å²) in [4.78, 5) is 2.55. The van der Waals surface area contributed by atoms with Crippen molar-refractivity contribution in [3.63, 3.8) is 0 Å². The summed E-state index contributed by atoms with van der Waals surface area (Å²) in [5.41, 5.74) is 16.1. The molecule has 1 aliphatic heterocycles. The number of anilines is 2. The quantitative estimate of drug-likeness (QED) is 0.611. The lowest BCUT2D eigenvalue weighted by atomic mass is 9.96. The third-order valence-electron chi connectivity index (χ3n) is 4.14. The van der Waals surface area contributed by atoms with Crippen molar-refractivity contribution in [3.8, 4) is 0 Å². The van der Waals surface area contributed by atoms with E-state index in [0.717, 1.165) is 30.9 Å². The molecule has 0 atom stereocenters. The molecule has 1 aromatic carbocycles.